The minimum absolute atomic E-state index is 0.00884. The fourth-order valence-corrected chi connectivity index (χ4v) is 1.88. The molecule has 7 nitrogen and oxygen atoms in total. The van der Waals surface area contributed by atoms with Crippen LogP contribution in [-0.4, -0.2) is 24.9 Å². The van der Waals surface area contributed by atoms with Gasteiger partial charge >= 0.3 is 6.61 Å². The monoisotopic (exact) mass is 352 g/mol. The van der Waals surface area contributed by atoms with Gasteiger partial charge in [0.25, 0.3) is 5.69 Å². The zero-order valence-electron chi connectivity index (χ0n) is 13.1. The van der Waals surface area contributed by atoms with E-state index in [1.54, 1.807) is 12.1 Å². The molecule has 0 fully saturated rings. The number of rotatable bonds is 8. The first kappa shape index (κ1) is 18.1. The number of nitrogens with zero attached hydrogens (tertiary/aromatic N) is 2. The molecule has 0 spiro atoms. The first-order valence-electron chi connectivity index (χ1n) is 7.01. The Labute approximate surface area is 141 Å². The molecule has 0 aromatic heterocycles. The third-order valence-corrected chi connectivity index (χ3v) is 3.06. The normalized spacial score (nSPS) is 10.9. The van der Waals surface area contributed by atoms with Gasteiger partial charge in [0.2, 0.25) is 0 Å². The van der Waals surface area contributed by atoms with Gasteiger partial charge in [-0.05, 0) is 35.9 Å². The van der Waals surface area contributed by atoms with Crippen LogP contribution in [0.5, 0.6) is 11.5 Å². The van der Waals surface area contributed by atoms with Gasteiger partial charge in [0.05, 0.1) is 18.2 Å². The van der Waals surface area contributed by atoms with Crippen molar-refractivity contribution in [2.24, 2.45) is 5.16 Å². The molecule has 0 amide bonds. The van der Waals surface area contributed by atoms with Gasteiger partial charge in [0.1, 0.15) is 6.61 Å². The van der Waals surface area contributed by atoms with Crippen molar-refractivity contribution in [2.75, 3.05) is 7.11 Å². The van der Waals surface area contributed by atoms with Crippen molar-refractivity contribution in [3.05, 3.63) is 63.7 Å². The minimum atomic E-state index is -2.95. The number of nitro benzene ring substituents is 1. The average molecular weight is 352 g/mol. The summed E-state index contributed by atoms with van der Waals surface area (Å²) in [6.45, 7) is -2.82. The van der Waals surface area contributed by atoms with E-state index in [1.807, 2.05) is 0 Å². The van der Waals surface area contributed by atoms with Crippen molar-refractivity contribution in [3.63, 3.8) is 0 Å². The van der Waals surface area contributed by atoms with Crippen LogP contribution in [0.1, 0.15) is 11.1 Å². The summed E-state index contributed by atoms with van der Waals surface area (Å²) in [6, 6.07) is 10.2. The largest absolute Gasteiger partial charge is 0.493 e. The number of alkyl halides is 2. The molecule has 2 aromatic rings. The Balaban J connectivity index is 1.94. The minimum Gasteiger partial charge on any atom is -0.493 e. The Hall–Kier alpha value is -3.23. The standard InChI is InChI=1S/C16H14F2N2O5/c1-23-15-8-12(4-7-14(15)25-16(17)18)9-19-24-10-11-2-5-13(6-3-11)20(21)22/h2-9,16H,10H2,1H3. The van der Waals surface area contributed by atoms with Crippen LogP contribution in [-0.2, 0) is 11.4 Å². The van der Waals surface area contributed by atoms with Gasteiger partial charge in [0.15, 0.2) is 11.5 Å². The molecule has 0 heterocycles. The summed E-state index contributed by atoms with van der Waals surface area (Å²) in [6.07, 6.45) is 1.38. The number of hydrogen-bond acceptors (Lipinski definition) is 6. The molecule has 9 heteroatoms. The summed E-state index contributed by atoms with van der Waals surface area (Å²) in [5.74, 6) is 0.0565. The SMILES string of the molecule is COc1cc(C=NOCc2ccc([N+](=O)[O-])cc2)ccc1OC(F)F. The van der Waals surface area contributed by atoms with Crippen molar-refractivity contribution in [3.8, 4) is 11.5 Å². The van der Waals surface area contributed by atoms with Crippen LogP contribution in [0, 0.1) is 10.1 Å². The molecule has 0 aliphatic carbocycles. The van der Waals surface area contributed by atoms with Gasteiger partial charge in [-0.3, -0.25) is 10.1 Å². The lowest BCUT2D eigenvalue weighted by molar-refractivity contribution is -0.384. The van der Waals surface area contributed by atoms with E-state index in [-0.39, 0.29) is 23.8 Å². The highest BCUT2D eigenvalue weighted by molar-refractivity contribution is 5.80. The Kier molecular flexibility index (Phi) is 6.21. The van der Waals surface area contributed by atoms with Crippen molar-refractivity contribution < 1.29 is 28.0 Å². The maximum atomic E-state index is 12.3. The Bertz CT molecular complexity index is 751. The number of oxime groups is 1. The second-order valence-corrected chi connectivity index (χ2v) is 4.72. The lowest BCUT2D eigenvalue weighted by Gasteiger charge is -2.09. The second-order valence-electron chi connectivity index (χ2n) is 4.72. The molecule has 25 heavy (non-hydrogen) atoms. The zero-order chi connectivity index (χ0) is 18.2. The van der Waals surface area contributed by atoms with E-state index in [1.165, 1.54) is 43.7 Å². The molecule has 132 valence electrons. The van der Waals surface area contributed by atoms with Crippen LogP contribution in [0.4, 0.5) is 14.5 Å². The molecule has 0 saturated carbocycles. The lowest BCUT2D eigenvalue weighted by Crippen LogP contribution is -2.03. The number of benzene rings is 2. The Morgan fingerprint density at radius 1 is 1.20 bits per heavy atom. The highest BCUT2D eigenvalue weighted by Crippen LogP contribution is 2.28. The number of hydrogen-bond donors (Lipinski definition) is 0. The zero-order valence-corrected chi connectivity index (χ0v) is 13.1. The summed E-state index contributed by atoms with van der Waals surface area (Å²) in [7, 11) is 1.33. The van der Waals surface area contributed by atoms with Crippen LogP contribution in [0.15, 0.2) is 47.6 Å². The van der Waals surface area contributed by atoms with Crippen LogP contribution < -0.4 is 9.47 Å². The van der Waals surface area contributed by atoms with Gasteiger partial charge in [-0.15, -0.1) is 0 Å². The molecule has 0 bridgehead atoms. The van der Waals surface area contributed by atoms with E-state index in [9.17, 15) is 18.9 Å². The predicted octanol–water partition coefficient (Wildman–Crippen LogP) is 3.76. The van der Waals surface area contributed by atoms with Crippen LogP contribution >= 0.6 is 0 Å². The topological polar surface area (TPSA) is 83.2 Å². The predicted molar refractivity (Wildman–Crippen MR) is 85.1 cm³/mol. The van der Waals surface area contributed by atoms with Gasteiger partial charge in [0, 0.05) is 17.7 Å². The van der Waals surface area contributed by atoms with Gasteiger partial charge < -0.3 is 14.3 Å². The maximum Gasteiger partial charge on any atom is 0.387 e. The molecule has 0 unspecified atom stereocenters. The van der Waals surface area contributed by atoms with Crippen LogP contribution in [0.2, 0.25) is 0 Å². The van der Waals surface area contributed by atoms with Gasteiger partial charge in [-0.2, -0.15) is 8.78 Å². The van der Waals surface area contributed by atoms with E-state index in [4.69, 9.17) is 9.57 Å². The molecule has 0 radical (unpaired) electrons. The van der Waals surface area contributed by atoms with Gasteiger partial charge in [-0.1, -0.05) is 5.16 Å². The summed E-state index contributed by atoms with van der Waals surface area (Å²) < 4.78 is 33.8. The van der Waals surface area contributed by atoms with Crippen molar-refractivity contribution in [2.45, 2.75) is 13.2 Å². The third-order valence-electron chi connectivity index (χ3n) is 3.06. The van der Waals surface area contributed by atoms with Crippen molar-refractivity contribution in [1.82, 2.24) is 0 Å². The van der Waals surface area contributed by atoms with Crippen molar-refractivity contribution in [1.29, 1.82) is 0 Å². The van der Waals surface area contributed by atoms with Crippen molar-refractivity contribution >= 4 is 11.9 Å². The van der Waals surface area contributed by atoms with Crippen LogP contribution in [0.25, 0.3) is 0 Å². The third kappa shape index (κ3) is 5.41. The van der Waals surface area contributed by atoms with E-state index in [2.05, 4.69) is 9.89 Å². The smallest absolute Gasteiger partial charge is 0.387 e. The first-order valence-corrected chi connectivity index (χ1v) is 7.01. The molecule has 0 atom stereocenters. The average Bonchev–Trinajstić information content (AvgIpc) is 2.59. The highest BCUT2D eigenvalue weighted by atomic mass is 19.3. The summed E-state index contributed by atoms with van der Waals surface area (Å²) >= 11 is 0. The molecule has 2 aromatic carbocycles. The summed E-state index contributed by atoms with van der Waals surface area (Å²) in [5.41, 5.74) is 1.26. The fourth-order valence-electron chi connectivity index (χ4n) is 1.88. The maximum absolute atomic E-state index is 12.3. The number of halogens is 2. The molecule has 0 saturated heterocycles. The molecular formula is C16H14F2N2O5. The van der Waals surface area contributed by atoms with E-state index in [0.29, 0.717) is 11.1 Å². The Morgan fingerprint density at radius 2 is 1.92 bits per heavy atom. The van der Waals surface area contributed by atoms with Gasteiger partial charge in [-0.25, -0.2) is 0 Å². The molecule has 2 rings (SSSR count). The molecule has 0 aliphatic rings. The summed E-state index contributed by atoms with van der Waals surface area (Å²) in [5, 5.41) is 14.3. The second kappa shape index (κ2) is 8.57. The molecular weight excluding hydrogens is 338 g/mol. The number of methoxy groups -OCH3 is 1. The molecule has 0 aliphatic heterocycles. The first-order chi connectivity index (χ1) is 12.0. The van der Waals surface area contributed by atoms with E-state index < -0.39 is 11.5 Å². The lowest BCUT2D eigenvalue weighted by atomic mass is 10.2. The molecule has 0 N–H and O–H groups in total. The number of non-ortho nitro benzene ring substituents is 1. The Morgan fingerprint density at radius 3 is 2.52 bits per heavy atom. The number of ether oxygens (including phenoxy) is 2. The van der Waals surface area contributed by atoms with Crippen LogP contribution in [0.3, 0.4) is 0 Å². The number of nitro groups is 1. The summed E-state index contributed by atoms with van der Waals surface area (Å²) in [4.78, 5) is 15.2. The van der Waals surface area contributed by atoms with E-state index in [0.717, 1.165) is 0 Å². The highest BCUT2D eigenvalue weighted by Gasteiger charge is 2.10. The van der Waals surface area contributed by atoms with E-state index >= 15 is 0 Å². The quantitative estimate of drug-likeness (QED) is 0.410. The fraction of sp³-hybridized carbons (Fsp3) is 0.188.